The van der Waals surface area contributed by atoms with Gasteiger partial charge in [0.05, 0.1) is 6.61 Å². The fourth-order valence-electron chi connectivity index (χ4n) is 1.62. The normalized spacial score (nSPS) is 10.2. The first-order valence-corrected chi connectivity index (χ1v) is 6.31. The molecule has 0 saturated carbocycles. The van der Waals surface area contributed by atoms with Crippen molar-refractivity contribution in [1.82, 2.24) is 10.6 Å². The minimum atomic E-state index is 0.0485. The lowest BCUT2D eigenvalue weighted by atomic mass is 10.1. The van der Waals surface area contributed by atoms with Gasteiger partial charge in [0, 0.05) is 25.1 Å². The van der Waals surface area contributed by atoms with Gasteiger partial charge in [-0.25, -0.2) is 0 Å². The molecule has 1 rings (SSSR count). The molecule has 4 heteroatoms. The second-order valence-corrected chi connectivity index (χ2v) is 4.17. The summed E-state index contributed by atoms with van der Waals surface area (Å²) in [4.78, 5) is 11.5. The van der Waals surface area contributed by atoms with Gasteiger partial charge >= 0.3 is 0 Å². The van der Waals surface area contributed by atoms with E-state index in [-0.39, 0.29) is 5.91 Å². The number of aryl methyl sites for hydroxylation is 1. The molecule has 2 N–H and O–H groups in total. The number of carbonyl (C=O) groups is 1. The topological polar surface area (TPSA) is 50.4 Å². The van der Waals surface area contributed by atoms with Crippen LogP contribution >= 0.6 is 0 Å². The summed E-state index contributed by atoms with van der Waals surface area (Å²) in [5.41, 5.74) is 2.17. The summed E-state index contributed by atoms with van der Waals surface area (Å²) in [6, 6.07) is 6.02. The molecule has 0 aromatic heterocycles. The average Bonchev–Trinajstić information content (AvgIpc) is 2.36. The lowest BCUT2D eigenvalue weighted by molar-refractivity contribution is -0.121. The predicted molar refractivity (Wildman–Crippen MR) is 72.7 cm³/mol. The molecule has 1 amide bonds. The molecule has 0 heterocycles. The van der Waals surface area contributed by atoms with E-state index in [4.69, 9.17) is 4.74 Å². The Balaban J connectivity index is 2.58. The standard InChI is InChI=1S/C14H22N2O2/c1-4-18-13-9-11(2)5-6-12(13)10-16-14(17)7-8-15-3/h5-6,9,15H,4,7-8,10H2,1-3H3,(H,16,17). The highest BCUT2D eigenvalue weighted by Crippen LogP contribution is 2.20. The van der Waals surface area contributed by atoms with Gasteiger partial charge in [-0.2, -0.15) is 0 Å². The molecular weight excluding hydrogens is 228 g/mol. The van der Waals surface area contributed by atoms with E-state index in [1.165, 1.54) is 0 Å². The van der Waals surface area contributed by atoms with Crippen molar-refractivity contribution in [3.05, 3.63) is 29.3 Å². The molecule has 18 heavy (non-hydrogen) atoms. The van der Waals surface area contributed by atoms with Gasteiger partial charge in [-0.15, -0.1) is 0 Å². The van der Waals surface area contributed by atoms with Crippen LogP contribution < -0.4 is 15.4 Å². The molecule has 0 aliphatic rings. The van der Waals surface area contributed by atoms with Gasteiger partial charge in [-0.3, -0.25) is 4.79 Å². The highest BCUT2D eigenvalue weighted by atomic mass is 16.5. The summed E-state index contributed by atoms with van der Waals surface area (Å²) in [7, 11) is 1.83. The Morgan fingerprint density at radius 3 is 2.83 bits per heavy atom. The monoisotopic (exact) mass is 250 g/mol. The third-order valence-corrected chi connectivity index (χ3v) is 2.60. The van der Waals surface area contributed by atoms with Gasteiger partial charge in [0.1, 0.15) is 5.75 Å². The highest BCUT2D eigenvalue weighted by Gasteiger charge is 2.06. The fourth-order valence-corrected chi connectivity index (χ4v) is 1.62. The van der Waals surface area contributed by atoms with Crippen molar-refractivity contribution in [2.75, 3.05) is 20.2 Å². The van der Waals surface area contributed by atoms with E-state index in [1.54, 1.807) is 0 Å². The highest BCUT2D eigenvalue weighted by molar-refractivity contribution is 5.76. The quantitative estimate of drug-likeness (QED) is 0.773. The maximum absolute atomic E-state index is 11.5. The summed E-state index contributed by atoms with van der Waals surface area (Å²) < 4.78 is 5.57. The minimum Gasteiger partial charge on any atom is -0.494 e. The maximum atomic E-state index is 11.5. The number of carbonyl (C=O) groups excluding carboxylic acids is 1. The molecule has 4 nitrogen and oxygen atoms in total. The molecule has 100 valence electrons. The summed E-state index contributed by atoms with van der Waals surface area (Å²) >= 11 is 0. The number of hydrogen-bond donors (Lipinski definition) is 2. The van der Waals surface area contributed by atoms with Crippen molar-refractivity contribution in [2.45, 2.75) is 26.8 Å². The van der Waals surface area contributed by atoms with Crippen molar-refractivity contribution in [3.8, 4) is 5.75 Å². The van der Waals surface area contributed by atoms with Gasteiger partial charge in [-0.05, 0) is 32.5 Å². The van der Waals surface area contributed by atoms with E-state index >= 15 is 0 Å². The molecular formula is C14H22N2O2. The van der Waals surface area contributed by atoms with Gasteiger partial charge in [0.15, 0.2) is 0 Å². The van der Waals surface area contributed by atoms with Crippen molar-refractivity contribution in [3.63, 3.8) is 0 Å². The van der Waals surface area contributed by atoms with Crippen LogP contribution in [0.3, 0.4) is 0 Å². The molecule has 1 aromatic carbocycles. The Morgan fingerprint density at radius 2 is 2.17 bits per heavy atom. The van der Waals surface area contributed by atoms with Crippen LogP contribution in [0.2, 0.25) is 0 Å². The number of ether oxygens (including phenoxy) is 1. The molecule has 0 aliphatic carbocycles. The van der Waals surface area contributed by atoms with Crippen molar-refractivity contribution in [2.24, 2.45) is 0 Å². The number of rotatable bonds is 7. The fraction of sp³-hybridized carbons (Fsp3) is 0.500. The molecule has 0 aliphatic heterocycles. The van der Waals surface area contributed by atoms with E-state index in [2.05, 4.69) is 10.6 Å². The van der Waals surface area contributed by atoms with Crippen molar-refractivity contribution < 1.29 is 9.53 Å². The average molecular weight is 250 g/mol. The van der Waals surface area contributed by atoms with Crippen LogP contribution in [0.4, 0.5) is 0 Å². The molecule has 0 unspecified atom stereocenters. The van der Waals surface area contributed by atoms with Gasteiger partial charge in [0.25, 0.3) is 0 Å². The maximum Gasteiger partial charge on any atom is 0.221 e. The largest absolute Gasteiger partial charge is 0.494 e. The lowest BCUT2D eigenvalue weighted by Gasteiger charge is -2.12. The second-order valence-electron chi connectivity index (χ2n) is 4.17. The zero-order chi connectivity index (χ0) is 13.4. The van der Waals surface area contributed by atoms with Crippen LogP contribution in [-0.4, -0.2) is 26.1 Å². The Labute approximate surface area is 109 Å². The van der Waals surface area contributed by atoms with Crippen LogP contribution in [0.25, 0.3) is 0 Å². The van der Waals surface area contributed by atoms with E-state index in [1.807, 2.05) is 39.1 Å². The van der Waals surface area contributed by atoms with Crippen molar-refractivity contribution in [1.29, 1.82) is 0 Å². The lowest BCUT2D eigenvalue weighted by Crippen LogP contribution is -2.26. The Bertz CT molecular complexity index is 391. The zero-order valence-electron chi connectivity index (χ0n) is 11.4. The van der Waals surface area contributed by atoms with E-state index in [9.17, 15) is 4.79 Å². The summed E-state index contributed by atoms with van der Waals surface area (Å²) in [6.45, 7) is 5.82. The van der Waals surface area contributed by atoms with Crippen LogP contribution in [0.1, 0.15) is 24.5 Å². The minimum absolute atomic E-state index is 0.0485. The molecule has 0 atom stereocenters. The van der Waals surface area contributed by atoms with Gasteiger partial charge < -0.3 is 15.4 Å². The number of hydrogen-bond acceptors (Lipinski definition) is 3. The Hall–Kier alpha value is -1.55. The zero-order valence-corrected chi connectivity index (χ0v) is 11.4. The Kier molecular flexibility index (Phi) is 6.22. The van der Waals surface area contributed by atoms with Gasteiger partial charge in [-0.1, -0.05) is 12.1 Å². The van der Waals surface area contributed by atoms with E-state index < -0.39 is 0 Å². The number of benzene rings is 1. The summed E-state index contributed by atoms with van der Waals surface area (Å²) in [5.74, 6) is 0.902. The first-order chi connectivity index (χ1) is 8.67. The van der Waals surface area contributed by atoms with Crippen LogP contribution in [0.15, 0.2) is 18.2 Å². The second kappa shape index (κ2) is 7.71. The number of amides is 1. The SMILES string of the molecule is CCOc1cc(C)ccc1CNC(=O)CCNC. The third kappa shape index (κ3) is 4.75. The summed E-state index contributed by atoms with van der Waals surface area (Å²) in [6.07, 6.45) is 0.492. The first-order valence-electron chi connectivity index (χ1n) is 6.31. The molecule has 0 spiro atoms. The Morgan fingerprint density at radius 1 is 1.39 bits per heavy atom. The predicted octanol–water partition coefficient (Wildman–Crippen LogP) is 1.62. The van der Waals surface area contributed by atoms with Crippen LogP contribution in [-0.2, 0) is 11.3 Å². The molecule has 0 fully saturated rings. The third-order valence-electron chi connectivity index (χ3n) is 2.60. The van der Waals surface area contributed by atoms with Crippen molar-refractivity contribution >= 4 is 5.91 Å². The molecule has 0 bridgehead atoms. The smallest absolute Gasteiger partial charge is 0.221 e. The first kappa shape index (κ1) is 14.5. The van der Waals surface area contributed by atoms with Crippen LogP contribution in [0, 0.1) is 6.92 Å². The van der Waals surface area contributed by atoms with E-state index in [0.717, 1.165) is 16.9 Å². The molecule has 0 radical (unpaired) electrons. The molecule has 1 aromatic rings. The van der Waals surface area contributed by atoms with Crippen LogP contribution in [0.5, 0.6) is 5.75 Å². The number of nitrogens with one attached hydrogen (secondary N) is 2. The summed E-state index contributed by atoms with van der Waals surface area (Å²) in [5, 5.41) is 5.84. The van der Waals surface area contributed by atoms with E-state index in [0.29, 0.717) is 26.1 Å². The van der Waals surface area contributed by atoms with Gasteiger partial charge in [0.2, 0.25) is 5.91 Å². The molecule has 0 saturated heterocycles.